The first kappa shape index (κ1) is 12.4. The van der Waals surface area contributed by atoms with Gasteiger partial charge in [-0.3, -0.25) is 0 Å². The van der Waals surface area contributed by atoms with Crippen LogP contribution in [0.15, 0.2) is 0 Å². The monoisotopic (exact) mass is 224 g/mol. The largest absolute Gasteiger partial charge is 0.477 e. The Kier molecular flexibility index (Phi) is 3.82. The molecule has 0 bridgehead atoms. The fraction of sp³-hybridized carbons (Fsp3) is 0.545. The summed E-state index contributed by atoms with van der Waals surface area (Å²) in [6, 6.07) is 0. The first-order valence-electron chi connectivity index (χ1n) is 5.13. The number of carboxylic acids is 1. The van der Waals surface area contributed by atoms with Crippen molar-refractivity contribution in [2.75, 3.05) is 6.61 Å². The molecule has 0 aliphatic rings. The molecule has 0 aromatic carbocycles. The summed E-state index contributed by atoms with van der Waals surface area (Å²) in [6.45, 7) is 7.82. The van der Waals surface area contributed by atoms with Gasteiger partial charge >= 0.3 is 5.97 Å². The number of hydrogen-bond donors (Lipinski definition) is 1. The van der Waals surface area contributed by atoms with Gasteiger partial charge in [-0.2, -0.15) is 5.10 Å². The van der Waals surface area contributed by atoms with Crippen molar-refractivity contribution in [1.29, 1.82) is 0 Å². The predicted octanol–water partition coefficient (Wildman–Crippen LogP) is 1.83. The first-order valence-corrected chi connectivity index (χ1v) is 5.13. The highest BCUT2D eigenvalue weighted by Crippen LogP contribution is 2.20. The molecule has 1 rings (SSSR count). The van der Waals surface area contributed by atoms with Gasteiger partial charge < -0.3 is 9.84 Å². The minimum absolute atomic E-state index is 0.101. The standard InChI is InChI=1S/C11H16N2O3/c1-6(2)5-16-10-9(11(14)15)7(3)8(4)12-13-10/h6H,5H2,1-4H3,(H,14,15). The summed E-state index contributed by atoms with van der Waals surface area (Å²) in [7, 11) is 0. The molecule has 0 spiro atoms. The van der Waals surface area contributed by atoms with Crippen molar-refractivity contribution in [3.05, 3.63) is 16.8 Å². The first-order chi connectivity index (χ1) is 7.43. The predicted molar refractivity (Wildman–Crippen MR) is 58.8 cm³/mol. The van der Waals surface area contributed by atoms with Crippen molar-refractivity contribution in [2.24, 2.45) is 5.92 Å². The number of nitrogens with zero attached hydrogens (tertiary/aromatic N) is 2. The maximum absolute atomic E-state index is 11.1. The van der Waals surface area contributed by atoms with Crippen molar-refractivity contribution in [3.63, 3.8) is 0 Å². The molecule has 1 aromatic heterocycles. The molecular weight excluding hydrogens is 208 g/mol. The summed E-state index contributed by atoms with van der Waals surface area (Å²) in [5.41, 5.74) is 1.31. The lowest BCUT2D eigenvalue weighted by Gasteiger charge is -2.11. The molecule has 1 N–H and O–H groups in total. The van der Waals surface area contributed by atoms with E-state index in [1.165, 1.54) is 0 Å². The SMILES string of the molecule is Cc1nnc(OCC(C)C)c(C(=O)O)c1C. The van der Waals surface area contributed by atoms with Gasteiger partial charge in [0.15, 0.2) is 0 Å². The lowest BCUT2D eigenvalue weighted by atomic mass is 10.1. The van der Waals surface area contributed by atoms with Crippen LogP contribution >= 0.6 is 0 Å². The number of carbonyl (C=O) groups is 1. The number of carboxylic acid groups (broad SMARTS) is 1. The van der Waals surface area contributed by atoms with Gasteiger partial charge in [-0.05, 0) is 25.3 Å². The second kappa shape index (κ2) is 4.92. The van der Waals surface area contributed by atoms with Crippen molar-refractivity contribution in [2.45, 2.75) is 27.7 Å². The molecule has 0 saturated carbocycles. The number of ether oxygens (including phenoxy) is 1. The molecule has 5 heteroatoms. The van der Waals surface area contributed by atoms with E-state index in [0.29, 0.717) is 23.8 Å². The molecule has 0 unspecified atom stereocenters. The third-order valence-electron chi connectivity index (χ3n) is 2.19. The summed E-state index contributed by atoms with van der Waals surface area (Å²) in [5, 5.41) is 16.7. The van der Waals surface area contributed by atoms with E-state index in [1.807, 2.05) is 13.8 Å². The Balaban J connectivity index is 3.08. The molecule has 0 fully saturated rings. The van der Waals surface area contributed by atoms with Gasteiger partial charge in [-0.25, -0.2) is 4.79 Å². The van der Waals surface area contributed by atoms with E-state index in [2.05, 4.69) is 10.2 Å². The van der Waals surface area contributed by atoms with Crippen molar-refractivity contribution >= 4 is 5.97 Å². The second-order valence-electron chi connectivity index (χ2n) is 4.10. The summed E-state index contributed by atoms with van der Waals surface area (Å²) in [4.78, 5) is 11.1. The lowest BCUT2D eigenvalue weighted by molar-refractivity contribution is 0.0688. The van der Waals surface area contributed by atoms with E-state index in [9.17, 15) is 4.79 Å². The normalized spacial score (nSPS) is 10.6. The van der Waals surface area contributed by atoms with Crippen LogP contribution in [0.2, 0.25) is 0 Å². The van der Waals surface area contributed by atoms with Crippen molar-refractivity contribution < 1.29 is 14.6 Å². The molecule has 0 amide bonds. The molecule has 5 nitrogen and oxygen atoms in total. The summed E-state index contributed by atoms with van der Waals surface area (Å²) < 4.78 is 5.34. The van der Waals surface area contributed by atoms with E-state index in [0.717, 1.165) is 0 Å². The van der Waals surface area contributed by atoms with Crippen LogP contribution in [-0.2, 0) is 0 Å². The number of aromatic nitrogens is 2. The zero-order chi connectivity index (χ0) is 12.3. The maximum Gasteiger partial charge on any atom is 0.341 e. The number of aryl methyl sites for hydroxylation is 1. The topological polar surface area (TPSA) is 72.3 Å². The van der Waals surface area contributed by atoms with E-state index in [4.69, 9.17) is 9.84 Å². The molecule has 0 saturated heterocycles. The average molecular weight is 224 g/mol. The van der Waals surface area contributed by atoms with E-state index in [1.54, 1.807) is 13.8 Å². The van der Waals surface area contributed by atoms with Crippen LogP contribution in [0.4, 0.5) is 0 Å². The fourth-order valence-electron chi connectivity index (χ4n) is 1.19. The zero-order valence-electron chi connectivity index (χ0n) is 9.94. The Morgan fingerprint density at radius 3 is 2.50 bits per heavy atom. The second-order valence-corrected chi connectivity index (χ2v) is 4.10. The Morgan fingerprint density at radius 1 is 1.38 bits per heavy atom. The molecular formula is C11H16N2O3. The van der Waals surface area contributed by atoms with Crippen LogP contribution in [0.25, 0.3) is 0 Å². The van der Waals surface area contributed by atoms with Crippen molar-refractivity contribution in [1.82, 2.24) is 10.2 Å². The molecule has 0 aliphatic heterocycles. The van der Waals surface area contributed by atoms with Crippen LogP contribution in [0, 0.1) is 19.8 Å². The molecule has 88 valence electrons. The maximum atomic E-state index is 11.1. The zero-order valence-corrected chi connectivity index (χ0v) is 9.94. The van der Waals surface area contributed by atoms with E-state index < -0.39 is 5.97 Å². The van der Waals surface area contributed by atoms with Gasteiger partial charge in [0, 0.05) is 0 Å². The highest BCUT2D eigenvalue weighted by molar-refractivity contribution is 5.91. The molecule has 16 heavy (non-hydrogen) atoms. The summed E-state index contributed by atoms with van der Waals surface area (Å²) in [6.07, 6.45) is 0. The smallest absolute Gasteiger partial charge is 0.341 e. The summed E-state index contributed by atoms with van der Waals surface area (Å²) >= 11 is 0. The average Bonchev–Trinajstić information content (AvgIpc) is 2.19. The third-order valence-corrected chi connectivity index (χ3v) is 2.19. The molecule has 0 aliphatic carbocycles. The Morgan fingerprint density at radius 2 is 2.00 bits per heavy atom. The quantitative estimate of drug-likeness (QED) is 0.844. The van der Waals surface area contributed by atoms with Gasteiger partial charge in [0.2, 0.25) is 5.88 Å². The lowest BCUT2D eigenvalue weighted by Crippen LogP contribution is -2.13. The molecule has 1 heterocycles. The van der Waals surface area contributed by atoms with E-state index >= 15 is 0 Å². The van der Waals surface area contributed by atoms with E-state index in [-0.39, 0.29) is 11.4 Å². The third kappa shape index (κ3) is 2.68. The Bertz CT molecular complexity index is 402. The molecule has 1 aromatic rings. The number of hydrogen-bond acceptors (Lipinski definition) is 4. The van der Waals surface area contributed by atoms with Crippen LogP contribution in [-0.4, -0.2) is 27.9 Å². The van der Waals surface area contributed by atoms with Crippen molar-refractivity contribution in [3.8, 4) is 5.88 Å². The van der Waals surface area contributed by atoms with Gasteiger partial charge in [-0.1, -0.05) is 13.8 Å². The number of aromatic carboxylic acids is 1. The Hall–Kier alpha value is -1.65. The minimum atomic E-state index is -1.03. The molecule has 0 radical (unpaired) electrons. The minimum Gasteiger partial charge on any atom is -0.477 e. The summed E-state index contributed by atoms with van der Waals surface area (Å²) in [5.74, 6) is -0.622. The van der Waals surface area contributed by atoms with Crippen LogP contribution in [0.5, 0.6) is 5.88 Å². The van der Waals surface area contributed by atoms with Crippen LogP contribution in [0.1, 0.15) is 35.5 Å². The fourth-order valence-corrected chi connectivity index (χ4v) is 1.19. The van der Waals surface area contributed by atoms with Crippen LogP contribution < -0.4 is 4.74 Å². The van der Waals surface area contributed by atoms with Gasteiger partial charge in [0.25, 0.3) is 0 Å². The highest BCUT2D eigenvalue weighted by atomic mass is 16.5. The Labute approximate surface area is 94.5 Å². The number of rotatable bonds is 4. The van der Waals surface area contributed by atoms with Gasteiger partial charge in [-0.15, -0.1) is 5.10 Å². The molecule has 0 atom stereocenters. The van der Waals surface area contributed by atoms with Crippen LogP contribution in [0.3, 0.4) is 0 Å². The highest BCUT2D eigenvalue weighted by Gasteiger charge is 2.19. The van der Waals surface area contributed by atoms with Gasteiger partial charge in [0.1, 0.15) is 5.56 Å². The van der Waals surface area contributed by atoms with Gasteiger partial charge in [0.05, 0.1) is 12.3 Å².